The van der Waals surface area contributed by atoms with Crippen molar-refractivity contribution in [2.45, 2.75) is 12.8 Å². The molecule has 0 saturated heterocycles. The molecular formula is C19H16ClN5O2. The minimum absolute atomic E-state index is 0.0673. The molecule has 7 nitrogen and oxygen atoms in total. The number of hydrogen-bond acceptors (Lipinski definition) is 4. The topological polar surface area (TPSA) is 92.2 Å². The first kappa shape index (κ1) is 17.2. The second-order valence-corrected chi connectivity index (χ2v) is 6.56. The van der Waals surface area contributed by atoms with Crippen LogP contribution in [0.4, 0.5) is 0 Å². The summed E-state index contributed by atoms with van der Waals surface area (Å²) in [5, 5.41) is 11.9. The largest absolute Gasteiger partial charge is 0.360 e. The van der Waals surface area contributed by atoms with Gasteiger partial charge in [-0.3, -0.25) is 14.0 Å². The van der Waals surface area contributed by atoms with Gasteiger partial charge in [0.05, 0.1) is 0 Å². The van der Waals surface area contributed by atoms with Crippen molar-refractivity contribution in [2.75, 3.05) is 6.54 Å². The minimum Gasteiger partial charge on any atom is -0.360 e. The molecule has 0 fully saturated rings. The molecule has 4 aromatic rings. The lowest BCUT2D eigenvalue weighted by atomic mass is 10.1. The number of aromatic nitrogens is 4. The number of aromatic amines is 1. The third-order valence-electron chi connectivity index (χ3n) is 4.33. The van der Waals surface area contributed by atoms with E-state index in [0.29, 0.717) is 35.3 Å². The molecule has 3 aromatic heterocycles. The average Bonchev–Trinajstić information content (AvgIpc) is 3.09. The number of pyridine rings is 2. The summed E-state index contributed by atoms with van der Waals surface area (Å²) in [5.74, 6) is 0.419. The smallest absolute Gasteiger partial charge is 0.256 e. The fourth-order valence-corrected chi connectivity index (χ4v) is 3.14. The third kappa shape index (κ3) is 3.41. The zero-order valence-corrected chi connectivity index (χ0v) is 15.0. The van der Waals surface area contributed by atoms with Gasteiger partial charge in [0, 0.05) is 41.3 Å². The van der Waals surface area contributed by atoms with E-state index >= 15 is 0 Å². The van der Waals surface area contributed by atoms with Crippen LogP contribution in [-0.4, -0.2) is 32.0 Å². The predicted molar refractivity (Wildman–Crippen MR) is 103 cm³/mol. The van der Waals surface area contributed by atoms with E-state index in [-0.39, 0.29) is 11.0 Å². The molecule has 0 spiro atoms. The van der Waals surface area contributed by atoms with Crippen molar-refractivity contribution in [2.24, 2.45) is 0 Å². The fraction of sp³-hybridized carbons (Fsp3) is 0.158. The summed E-state index contributed by atoms with van der Waals surface area (Å²) in [4.78, 5) is 27.9. The minimum atomic E-state index is -0.413. The molecule has 2 N–H and O–H groups in total. The van der Waals surface area contributed by atoms with Crippen molar-refractivity contribution in [1.82, 2.24) is 24.9 Å². The highest BCUT2D eigenvalue weighted by Crippen LogP contribution is 2.15. The zero-order valence-electron chi connectivity index (χ0n) is 14.3. The number of carbonyl (C=O) groups excluding carboxylic acids is 1. The Bertz CT molecular complexity index is 1200. The van der Waals surface area contributed by atoms with Gasteiger partial charge in [0.15, 0.2) is 5.65 Å². The Labute approximate surface area is 159 Å². The predicted octanol–water partition coefficient (Wildman–Crippen LogP) is 2.59. The summed E-state index contributed by atoms with van der Waals surface area (Å²) in [6.07, 6.45) is 4.68. The van der Waals surface area contributed by atoms with Crippen LogP contribution in [0.15, 0.2) is 53.6 Å². The van der Waals surface area contributed by atoms with Crippen LogP contribution in [0.5, 0.6) is 0 Å². The monoisotopic (exact) mass is 381 g/mol. The molecule has 4 rings (SSSR count). The van der Waals surface area contributed by atoms with Gasteiger partial charge >= 0.3 is 0 Å². The van der Waals surface area contributed by atoms with Gasteiger partial charge < -0.3 is 10.3 Å². The lowest BCUT2D eigenvalue weighted by Crippen LogP contribution is -2.30. The molecule has 0 atom stereocenters. The Morgan fingerprint density at radius 1 is 1.22 bits per heavy atom. The van der Waals surface area contributed by atoms with Gasteiger partial charge in [-0.1, -0.05) is 17.7 Å². The lowest BCUT2D eigenvalue weighted by Gasteiger charge is -2.06. The molecule has 1 aromatic carbocycles. The molecule has 27 heavy (non-hydrogen) atoms. The molecule has 8 heteroatoms. The summed E-state index contributed by atoms with van der Waals surface area (Å²) in [5.41, 5.74) is 1.16. The standard InChI is InChI=1S/C19H16ClN5O2/c20-12-6-7-15-13(10-12)18(26)14(11-22-15)19(27)21-8-3-5-17-24-23-16-4-1-2-9-25(16)17/h1-2,4,6-7,9-11H,3,5,8H2,(H,21,27)(H,22,26). The van der Waals surface area contributed by atoms with E-state index in [0.717, 1.165) is 11.5 Å². The lowest BCUT2D eigenvalue weighted by molar-refractivity contribution is 0.0952. The molecule has 136 valence electrons. The Morgan fingerprint density at radius 3 is 3.00 bits per heavy atom. The summed E-state index contributed by atoms with van der Waals surface area (Å²) in [6.45, 7) is 0.424. The average molecular weight is 382 g/mol. The van der Waals surface area contributed by atoms with Crippen LogP contribution in [0.25, 0.3) is 16.6 Å². The molecule has 3 heterocycles. The molecule has 0 aliphatic carbocycles. The first-order valence-corrected chi connectivity index (χ1v) is 8.89. The molecule has 0 aliphatic heterocycles. The highest BCUT2D eigenvalue weighted by atomic mass is 35.5. The number of aryl methyl sites for hydroxylation is 1. The molecule has 0 radical (unpaired) electrons. The van der Waals surface area contributed by atoms with Gasteiger partial charge in [-0.2, -0.15) is 0 Å². The van der Waals surface area contributed by atoms with E-state index in [2.05, 4.69) is 20.5 Å². The quantitative estimate of drug-likeness (QED) is 0.520. The highest BCUT2D eigenvalue weighted by molar-refractivity contribution is 6.31. The van der Waals surface area contributed by atoms with E-state index < -0.39 is 5.91 Å². The second-order valence-electron chi connectivity index (χ2n) is 6.13. The molecule has 0 aliphatic rings. The number of rotatable bonds is 5. The Kier molecular flexibility index (Phi) is 4.60. The van der Waals surface area contributed by atoms with Crippen LogP contribution in [0.3, 0.4) is 0 Å². The van der Waals surface area contributed by atoms with Gasteiger partial charge in [-0.25, -0.2) is 0 Å². The van der Waals surface area contributed by atoms with Crippen molar-refractivity contribution >= 4 is 34.1 Å². The number of H-pyrrole nitrogens is 1. The van der Waals surface area contributed by atoms with Gasteiger partial charge in [0.1, 0.15) is 11.4 Å². The van der Waals surface area contributed by atoms with Gasteiger partial charge in [-0.15, -0.1) is 10.2 Å². The van der Waals surface area contributed by atoms with Crippen molar-refractivity contribution in [3.05, 3.63) is 75.4 Å². The number of benzene rings is 1. The number of halogens is 1. The zero-order chi connectivity index (χ0) is 18.8. The SMILES string of the molecule is O=C(NCCCc1nnc2ccccn12)c1c[nH]c2ccc(Cl)cc2c1=O. The van der Waals surface area contributed by atoms with Crippen LogP contribution in [0.2, 0.25) is 5.02 Å². The fourth-order valence-electron chi connectivity index (χ4n) is 2.96. The first-order valence-electron chi connectivity index (χ1n) is 8.51. The van der Waals surface area contributed by atoms with Gasteiger partial charge in [0.2, 0.25) is 5.43 Å². The van der Waals surface area contributed by atoms with Crippen LogP contribution in [-0.2, 0) is 6.42 Å². The normalized spacial score (nSPS) is 11.1. The molecule has 0 bridgehead atoms. The Hall–Kier alpha value is -3.19. The number of carbonyl (C=O) groups is 1. The summed E-state index contributed by atoms with van der Waals surface area (Å²) in [6, 6.07) is 10.7. The molecule has 0 saturated carbocycles. The summed E-state index contributed by atoms with van der Waals surface area (Å²) < 4.78 is 1.92. The highest BCUT2D eigenvalue weighted by Gasteiger charge is 2.13. The van der Waals surface area contributed by atoms with E-state index in [1.807, 2.05) is 28.8 Å². The number of nitrogens with one attached hydrogen (secondary N) is 2. The van der Waals surface area contributed by atoms with E-state index in [1.54, 1.807) is 18.2 Å². The number of fused-ring (bicyclic) bond motifs is 2. The second kappa shape index (κ2) is 7.20. The molecule has 0 unspecified atom stereocenters. The third-order valence-corrected chi connectivity index (χ3v) is 4.57. The maximum atomic E-state index is 12.5. The van der Waals surface area contributed by atoms with Crippen molar-refractivity contribution in [1.29, 1.82) is 0 Å². The first-order chi connectivity index (χ1) is 13.1. The summed E-state index contributed by atoms with van der Waals surface area (Å²) >= 11 is 5.95. The number of nitrogens with zero attached hydrogens (tertiary/aromatic N) is 3. The Morgan fingerprint density at radius 2 is 2.11 bits per heavy atom. The molecular weight excluding hydrogens is 366 g/mol. The Balaban J connectivity index is 1.42. The van der Waals surface area contributed by atoms with Crippen molar-refractivity contribution < 1.29 is 4.79 Å². The van der Waals surface area contributed by atoms with E-state index in [1.165, 1.54) is 6.20 Å². The molecule has 1 amide bonds. The van der Waals surface area contributed by atoms with E-state index in [4.69, 9.17) is 11.6 Å². The van der Waals surface area contributed by atoms with Crippen molar-refractivity contribution in [3.63, 3.8) is 0 Å². The van der Waals surface area contributed by atoms with Crippen LogP contribution in [0, 0.1) is 0 Å². The van der Waals surface area contributed by atoms with Crippen LogP contribution >= 0.6 is 11.6 Å². The maximum Gasteiger partial charge on any atom is 0.256 e. The van der Waals surface area contributed by atoms with Crippen LogP contribution < -0.4 is 10.7 Å². The van der Waals surface area contributed by atoms with Gasteiger partial charge in [-0.05, 0) is 36.8 Å². The van der Waals surface area contributed by atoms with Crippen LogP contribution in [0.1, 0.15) is 22.6 Å². The number of amides is 1. The number of hydrogen-bond donors (Lipinski definition) is 2. The van der Waals surface area contributed by atoms with Gasteiger partial charge in [0.25, 0.3) is 5.91 Å². The van der Waals surface area contributed by atoms with Crippen molar-refractivity contribution in [3.8, 4) is 0 Å². The van der Waals surface area contributed by atoms with E-state index in [9.17, 15) is 9.59 Å². The summed E-state index contributed by atoms with van der Waals surface area (Å²) in [7, 11) is 0. The maximum absolute atomic E-state index is 12.5.